The summed E-state index contributed by atoms with van der Waals surface area (Å²) < 4.78 is 4.49. The SMILES string of the molecule is COC(=O)CN1CC(=O)N2CCCC2C1=O. The zero-order valence-electron chi connectivity index (χ0n) is 9.14. The molecule has 2 amide bonds. The van der Waals surface area contributed by atoms with E-state index >= 15 is 0 Å². The van der Waals surface area contributed by atoms with Gasteiger partial charge in [-0.3, -0.25) is 14.4 Å². The summed E-state index contributed by atoms with van der Waals surface area (Å²) in [5, 5.41) is 0. The first-order valence-electron chi connectivity index (χ1n) is 5.28. The van der Waals surface area contributed by atoms with Crippen molar-refractivity contribution >= 4 is 17.8 Å². The van der Waals surface area contributed by atoms with Crippen molar-refractivity contribution in [3.8, 4) is 0 Å². The zero-order valence-corrected chi connectivity index (χ0v) is 9.14. The van der Waals surface area contributed by atoms with E-state index in [2.05, 4.69) is 4.74 Å². The minimum atomic E-state index is -0.493. The Morgan fingerprint density at radius 3 is 2.94 bits per heavy atom. The second-order valence-corrected chi connectivity index (χ2v) is 4.02. The highest BCUT2D eigenvalue weighted by molar-refractivity contribution is 5.96. The summed E-state index contributed by atoms with van der Waals surface area (Å²) in [6.45, 7) is 0.511. The molecule has 0 aromatic heterocycles. The molecule has 16 heavy (non-hydrogen) atoms. The van der Waals surface area contributed by atoms with Crippen molar-refractivity contribution in [1.82, 2.24) is 9.80 Å². The maximum Gasteiger partial charge on any atom is 0.325 e. The molecule has 0 saturated carbocycles. The van der Waals surface area contributed by atoms with Crippen LogP contribution in [-0.2, 0) is 19.1 Å². The van der Waals surface area contributed by atoms with Crippen LogP contribution in [-0.4, -0.2) is 60.4 Å². The molecule has 0 spiro atoms. The molecule has 0 radical (unpaired) electrons. The molecular weight excluding hydrogens is 212 g/mol. The summed E-state index contributed by atoms with van der Waals surface area (Å²) in [5.41, 5.74) is 0. The maximum absolute atomic E-state index is 11.9. The van der Waals surface area contributed by atoms with E-state index in [9.17, 15) is 14.4 Å². The van der Waals surface area contributed by atoms with E-state index in [1.54, 1.807) is 4.90 Å². The number of hydrogen-bond donors (Lipinski definition) is 0. The Morgan fingerprint density at radius 1 is 1.50 bits per heavy atom. The highest BCUT2D eigenvalue weighted by Gasteiger charge is 2.42. The van der Waals surface area contributed by atoms with Crippen molar-refractivity contribution in [3.63, 3.8) is 0 Å². The summed E-state index contributed by atoms with van der Waals surface area (Å²) in [6.07, 6.45) is 1.55. The van der Waals surface area contributed by atoms with Crippen LogP contribution in [0.2, 0.25) is 0 Å². The average molecular weight is 226 g/mol. The Morgan fingerprint density at radius 2 is 2.25 bits per heavy atom. The molecule has 0 bridgehead atoms. The van der Waals surface area contributed by atoms with Crippen LogP contribution >= 0.6 is 0 Å². The van der Waals surface area contributed by atoms with Crippen LogP contribution in [0.4, 0.5) is 0 Å². The van der Waals surface area contributed by atoms with Gasteiger partial charge >= 0.3 is 5.97 Å². The lowest BCUT2D eigenvalue weighted by Gasteiger charge is -2.35. The van der Waals surface area contributed by atoms with Crippen molar-refractivity contribution in [2.75, 3.05) is 26.7 Å². The fraction of sp³-hybridized carbons (Fsp3) is 0.700. The third kappa shape index (κ3) is 1.75. The van der Waals surface area contributed by atoms with E-state index in [1.165, 1.54) is 12.0 Å². The van der Waals surface area contributed by atoms with Gasteiger partial charge in [-0.15, -0.1) is 0 Å². The molecule has 0 aromatic rings. The maximum atomic E-state index is 11.9. The molecule has 6 heteroatoms. The van der Waals surface area contributed by atoms with Crippen LogP contribution in [0.1, 0.15) is 12.8 Å². The number of nitrogens with zero attached hydrogens (tertiary/aromatic N) is 2. The first-order chi connectivity index (χ1) is 7.63. The fourth-order valence-corrected chi connectivity index (χ4v) is 2.22. The van der Waals surface area contributed by atoms with Gasteiger partial charge in [0.25, 0.3) is 0 Å². The van der Waals surface area contributed by atoms with E-state index in [0.29, 0.717) is 13.0 Å². The van der Waals surface area contributed by atoms with E-state index in [0.717, 1.165) is 6.42 Å². The standard InChI is InChI=1S/C10H14N2O4/c1-16-9(14)6-11-5-8(13)12-4-2-3-7(12)10(11)15/h7H,2-6H2,1H3. The monoisotopic (exact) mass is 226 g/mol. The number of rotatable bonds is 2. The minimum absolute atomic E-state index is 0.00949. The first kappa shape index (κ1) is 10.9. The van der Waals surface area contributed by atoms with Gasteiger partial charge in [-0.1, -0.05) is 0 Å². The van der Waals surface area contributed by atoms with Crippen molar-refractivity contribution in [1.29, 1.82) is 0 Å². The third-order valence-electron chi connectivity index (χ3n) is 3.04. The normalized spacial score (nSPS) is 24.7. The summed E-state index contributed by atoms with van der Waals surface area (Å²) in [5.74, 6) is -0.707. The summed E-state index contributed by atoms with van der Waals surface area (Å²) in [4.78, 5) is 37.6. The van der Waals surface area contributed by atoms with Crippen LogP contribution in [0.25, 0.3) is 0 Å². The number of carbonyl (C=O) groups is 3. The average Bonchev–Trinajstić information content (AvgIpc) is 2.74. The first-order valence-corrected chi connectivity index (χ1v) is 5.28. The number of amides is 2. The Labute approximate surface area is 93.1 Å². The van der Waals surface area contributed by atoms with Crippen LogP contribution in [0.15, 0.2) is 0 Å². The smallest absolute Gasteiger partial charge is 0.325 e. The van der Waals surface area contributed by atoms with E-state index in [-0.39, 0.29) is 30.9 Å². The molecule has 0 N–H and O–H groups in total. The predicted molar refractivity (Wildman–Crippen MR) is 53.3 cm³/mol. The van der Waals surface area contributed by atoms with Gasteiger partial charge in [0.15, 0.2) is 0 Å². The second kappa shape index (κ2) is 4.11. The molecule has 0 aromatic carbocycles. The van der Waals surface area contributed by atoms with Crippen molar-refractivity contribution in [2.45, 2.75) is 18.9 Å². The van der Waals surface area contributed by atoms with Gasteiger partial charge in [0.2, 0.25) is 11.8 Å². The van der Waals surface area contributed by atoms with E-state index < -0.39 is 5.97 Å². The van der Waals surface area contributed by atoms with Gasteiger partial charge in [-0.25, -0.2) is 0 Å². The van der Waals surface area contributed by atoms with Crippen LogP contribution in [0, 0.1) is 0 Å². The highest BCUT2D eigenvalue weighted by Crippen LogP contribution is 2.23. The molecule has 2 heterocycles. The third-order valence-corrected chi connectivity index (χ3v) is 3.04. The Bertz CT molecular complexity index is 342. The van der Waals surface area contributed by atoms with Crippen molar-refractivity contribution in [3.05, 3.63) is 0 Å². The number of piperazine rings is 1. The van der Waals surface area contributed by atoms with Gasteiger partial charge in [0.05, 0.1) is 7.11 Å². The quantitative estimate of drug-likeness (QED) is 0.566. The van der Waals surface area contributed by atoms with Crippen LogP contribution in [0.5, 0.6) is 0 Å². The molecule has 1 unspecified atom stereocenters. The lowest BCUT2D eigenvalue weighted by molar-refractivity contribution is -0.158. The lowest BCUT2D eigenvalue weighted by Crippen LogP contribution is -2.58. The van der Waals surface area contributed by atoms with Gasteiger partial charge in [0.1, 0.15) is 19.1 Å². The molecule has 2 aliphatic rings. The largest absolute Gasteiger partial charge is 0.468 e. The van der Waals surface area contributed by atoms with E-state index in [4.69, 9.17) is 0 Å². The molecule has 88 valence electrons. The second-order valence-electron chi connectivity index (χ2n) is 4.02. The van der Waals surface area contributed by atoms with Crippen LogP contribution in [0.3, 0.4) is 0 Å². The molecular formula is C10H14N2O4. The van der Waals surface area contributed by atoms with Gasteiger partial charge < -0.3 is 14.5 Å². The molecule has 2 saturated heterocycles. The molecule has 2 fully saturated rings. The fourth-order valence-electron chi connectivity index (χ4n) is 2.22. The molecule has 2 aliphatic heterocycles. The summed E-state index contributed by atoms with van der Waals surface area (Å²) in [6, 6.07) is -0.356. The van der Waals surface area contributed by atoms with Gasteiger partial charge in [0, 0.05) is 6.54 Å². The number of fused-ring (bicyclic) bond motifs is 1. The Hall–Kier alpha value is -1.59. The van der Waals surface area contributed by atoms with Gasteiger partial charge in [-0.2, -0.15) is 0 Å². The number of methoxy groups -OCH3 is 1. The summed E-state index contributed by atoms with van der Waals surface area (Å²) >= 11 is 0. The number of esters is 1. The molecule has 2 rings (SSSR count). The minimum Gasteiger partial charge on any atom is -0.468 e. The molecule has 6 nitrogen and oxygen atoms in total. The molecule has 0 aliphatic carbocycles. The van der Waals surface area contributed by atoms with Crippen molar-refractivity contribution < 1.29 is 19.1 Å². The van der Waals surface area contributed by atoms with Crippen molar-refractivity contribution in [2.24, 2.45) is 0 Å². The molecule has 1 atom stereocenters. The summed E-state index contributed by atoms with van der Waals surface area (Å²) in [7, 11) is 1.26. The number of carbonyl (C=O) groups excluding carboxylic acids is 3. The Balaban J connectivity index is 2.08. The van der Waals surface area contributed by atoms with E-state index in [1.807, 2.05) is 0 Å². The predicted octanol–water partition coefficient (Wildman–Crippen LogP) is -1.01. The topological polar surface area (TPSA) is 66.9 Å². The Kier molecular flexibility index (Phi) is 2.80. The highest BCUT2D eigenvalue weighted by atomic mass is 16.5. The van der Waals surface area contributed by atoms with Gasteiger partial charge in [-0.05, 0) is 12.8 Å². The number of ether oxygens (including phenoxy) is 1. The van der Waals surface area contributed by atoms with Crippen LogP contribution < -0.4 is 0 Å². The lowest BCUT2D eigenvalue weighted by atomic mass is 10.1. The zero-order chi connectivity index (χ0) is 11.7. The number of hydrogen-bond acceptors (Lipinski definition) is 4.